The molecule has 0 aliphatic carbocycles. The van der Waals surface area contributed by atoms with Crippen LogP contribution >= 0.6 is 11.6 Å². The predicted molar refractivity (Wildman–Crippen MR) is 111 cm³/mol. The lowest BCUT2D eigenvalue weighted by atomic mass is 10.1. The van der Waals surface area contributed by atoms with Crippen molar-refractivity contribution < 1.29 is 19.1 Å². The monoisotopic (exact) mass is 426 g/mol. The topological polar surface area (TPSA) is 103 Å². The number of carbonyl (C=O) groups is 3. The number of pyridine rings is 1. The highest BCUT2D eigenvalue weighted by Gasteiger charge is 2.29. The molecule has 0 bridgehead atoms. The summed E-state index contributed by atoms with van der Waals surface area (Å²) >= 11 is 5.90. The molecule has 0 spiro atoms. The molecule has 1 atom stereocenters. The number of anilines is 1. The molecule has 0 saturated carbocycles. The minimum absolute atomic E-state index is 0.0972. The molecule has 8 nitrogen and oxygen atoms in total. The van der Waals surface area contributed by atoms with Gasteiger partial charge in [-0.25, -0.2) is 14.5 Å². The van der Waals surface area contributed by atoms with E-state index in [1.165, 1.54) is 13.1 Å². The summed E-state index contributed by atoms with van der Waals surface area (Å²) in [5.41, 5.74) is 2.06. The number of aryl methyl sites for hydroxylation is 1. The van der Waals surface area contributed by atoms with E-state index in [1.807, 2.05) is 30.3 Å². The Bertz CT molecular complexity index is 1110. The van der Waals surface area contributed by atoms with Crippen molar-refractivity contribution in [2.75, 3.05) is 5.32 Å². The lowest BCUT2D eigenvalue weighted by molar-refractivity contribution is -0.148. The lowest BCUT2D eigenvalue weighted by Gasteiger charge is -2.13. The number of carbonyl (C=O) groups excluding carboxylic acids is 3. The van der Waals surface area contributed by atoms with Crippen molar-refractivity contribution in [3.63, 3.8) is 0 Å². The molecule has 1 unspecified atom stereocenters. The molecule has 0 radical (unpaired) electrons. The zero-order chi connectivity index (χ0) is 21.8. The highest BCUT2D eigenvalue weighted by atomic mass is 35.5. The smallest absolute Gasteiger partial charge is 0.380 e. The van der Waals surface area contributed by atoms with Crippen LogP contribution < -0.4 is 5.32 Å². The number of benzene rings is 1. The summed E-state index contributed by atoms with van der Waals surface area (Å²) in [6, 6.07) is 12.4. The summed E-state index contributed by atoms with van der Waals surface area (Å²) in [7, 11) is 0. The van der Waals surface area contributed by atoms with Crippen LogP contribution in [0.2, 0.25) is 5.15 Å². The van der Waals surface area contributed by atoms with Gasteiger partial charge >= 0.3 is 5.97 Å². The van der Waals surface area contributed by atoms with E-state index in [-0.39, 0.29) is 16.4 Å². The molecule has 0 aliphatic heterocycles. The first-order chi connectivity index (χ1) is 14.3. The molecule has 1 N–H and O–H groups in total. The summed E-state index contributed by atoms with van der Waals surface area (Å²) in [4.78, 5) is 41.2. The number of hydrogen-bond acceptors (Lipinski definition) is 6. The standard InChI is InChI=1S/C21H19ClN4O4/c1-12-17(13(2)26(25-12)15-8-5-4-6-9-15)18(27)21(29)30-14(3)20(28)24-16-10-7-11-23-19(16)22/h4-11,14H,1-3H3,(H,24,28). The van der Waals surface area contributed by atoms with Gasteiger partial charge in [-0.15, -0.1) is 0 Å². The molecule has 0 saturated heterocycles. The maximum absolute atomic E-state index is 12.7. The largest absolute Gasteiger partial charge is 0.447 e. The Balaban J connectivity index is 1.73. The summed E-state index contributed by atoms with van der Waals surface area (Å²) in [6.45, 7) is 4.68. The van der Waals surface area contributed by atoms with Gasteiger partial charge in [0.1, 0.15) is 0 Å². The number of rotatable bonds is 6. The van der Waals surface area contributed by atoms with Crippen molar-refractivity contribution >= 4 is 34.9 Å². The van der Waals surface area contributed by atoms with Crippen molar-refractivity contribution in [3.8, 4) is 5.69 Å². The van der Waals surface area contributed by atoms with E-state index in [0.29, 0.717) is 11.4 Å². The Labute approximate surface area is 177 Å². The molecule has 154 valence electrons. The fourth-order valence-electron chi connectivity index (χ4n) is 2.88. The Hall–Kier alpha value is -3.52. The first-order valence-corrected chi connectivity index (χ1v) is 9.45. The van der Waals surface area contributed by atoms with Crippen LogP contribution in [0.1, 0.15) is 28.7 Å². The van der Waals surface area contributed by atoms with Gasteiger partial charge in [-0.1, -0.05) is 29.8 Å². The van der Waals surface area contributed by atoms with E-state index in [9.17, 15) is 14.4 Å². The number of nitrogens with zero attached hydrogens (tertiary/aromatic N) is 3. The summed E-state index contributed by atoms with van der Waals surface area (Å²) in [6.07, 6.45) is 0.253. The molecular weight excluding hydrogens is 408 g/mol. The highest BCUT2D eigenvalue weighted by Crippen LogP contribution is 2.20. The Morgan fingerprint density at radius 1 is 1.10 bits per heavy atom. The maximum atomic E-state index is 12.7. The number of ether oxygens (including phenoxy) is 1. The fourth-order valence-corrected chi connectivity index (χ4v) is 3.04. The van der Waals surface area contributed by atoms with Crippen LogP contribution in [-0.4, -0.2) is 38.5 Å². The Morgan fingerprint density at radius 3 is 2.47 bits per heavy atom. The molecule has 1 aromatic carbocycles. The number of esters is 1. The highest BCUT2D eigenvalue weighted by molar-refractivity contribution is 6.41. The number of amides is 1. The normalized spacial score (nSPS) is 11.6. The lowest BCUT2D eigenvalue weighted by Crippen LogP contribution is -2.33. The van der Waals surface area contributed by atoms with E-state index in [4.69, 9.17) is 16.3 Å². The van der Waals surface area contributed by atoms with Gasteiger partial charge < -0.3 is 10.1 Å². The fraction of sp³-hybridized carbons (Fsp3) is 0.190. The minimum atomic E-state index is -1.22. The molecule has 30 heavy (non-hydrogen) atoms. The molecule has 0 fully saturated rings. The van der Waals surface area contributed by atoms with Crippen LogP contribution in [0.25, 0.3) is 5.69 Å². The zero-order valence-corrected chi connectivity index (χ0v) is 17.3. The maximum Gasteiger partial charge on any atom is 0.380 e. The second kappa shape index (κ2) is 8.87. The van der Waals surface area contributed by atoms with Crippen molar-refractivity contribution in [2.24, 2.45) is 0 Å². The second-order valence-corrected chi connectivity index (χ2v) is 6.86. The van der Waals surface area contributed by atoms with Crippen LogP contribution in [-0.2, 0) is 14.3 Å². The summed E-state index contributed by atoms with van der Waals surface area (Å²) in [5.74, 6) is -2.65. The van der Waals surface area contributed by atoms with Crippen LogP contribution in [0.3, 0.4) is 0 Å². The van der Waals surface area contributed by atoms with Gasteiger partial charge in [0.25, 0.3) is 11.7 Å². The third kappa shape index (κ3) is 4.38. The molecule has 2 heterocycles. The molecule has 9 heteroatoms. The molecular formula is C21H19ClN4O4. The molecule has 3 rings (SSSR count). The Kier molecular flexibility index (Phi) is 6.27. The minimum Gasteiger partial charge on any atom is -0.447 e. The number of Topliss-reactive ketones (excluding diaryl/α,β-unsaturated/α-hetero) is 1. The van der Waals surface area contributed by atoms with Crippen molar-refractivity contribution in [3.05, 3.63) is 70.8 Å². The number of ketones is 1. The van der Waals surface area contributed by atoms with Gasteiger partial charge in [0, 0.05) is 6.20 Å². The number of halogens is 1. The molecule has 2 aromatic heterocycles. The van der Waals surface area contributed by atoms with Gasteiger partial charge in [-0.2, -0.15) is 5.10 Å². The van der Waals surface area contributed by atoms with Crippen LogP contribution in [0.5, 0.6) is 0 Å². The molecule has 1 amide bonds. The second-order valence-electron chi connectivity index (χ2n) is 6.50. The number of aromatic nitrogens is 3. The number of nitrogens with one attached hydrogen (secondary N) is 1. The van der Waals surface area contributed by atoms with Gasteiger partial charge in [-0.05, 0) is 45.0 Å². The van der Waals surface area contributed by atoms with Gasteiger partial charge in [-0.3, -0.25) is 9.59 Å². The number of hydrogen-bond donors (Lipinski definition) is 1. The third-order valence-corrected chi connectivity index (χ3v) is 4.68. The van der Waals surface area contributed by atoms with Gasteiger partial charge in [0.2, 0.25) is 0 Å². The number of para-hydroxylation sites is 1. The van der Waals surface area contributed by atoms with E-state index in [0.717, 1.165) is 5.69 Å². The van der Waals surface area contributed by atoms with Crippen molar-refractivity contribution in [1.29, 1.82) is 0 Å². The Morgan fingerprint density at radius 2 is 1.80 bits per heavy atom. The van der Waals surface area contributed by atoms with Gasteiger partial charge in [0.15, 0.2) is 11.3 Å². The first kappa shape index (κ1) is 21.2. The van der Waals surface area contributed by atoms with E-state index < -0.39 is 23.8 Å². The van der Waals surface area contributed by atoms with Crippen molar-refractivity contribution in [1.82, 2.24) is 14.8 Å². The van der Waals surface area contributed by atoms with Crippen LogP contribution in [0, 0.1) is 13.8 Å². The van der Waals surface area contributed by atoms with Crippen molar-refractivity contribution in [2.45, 2.75) is 26.9 Å². The average molecular weight is 427 g/mol. The predicted octanol–water partition coefficient (Wildman–Crippen LogP) is 3.29. The van der Waals surface area contributed by atoms with E-state index in [2.05, 4.69) is 15.4 Å². The first-order valence-electron chi connectivity index (χ1n) is 9.08. The average Bonchev–Trinajstić information content (AvgIpc) is 3.03. The van der Waals surface area contributed by atoms with Gasteiger partial charge in [0.05, 0.1) is 28.3 Å². The van der Waals surface area contributed by atoms with E-state index >= 15 is 0 Å². The van der Waals surface area contributed by atoms with E-state index in [1.54, 1.807) is 30.7 Å². The molecule has 3 aromatic rings. The SMILES string of the molecule is Cc1nn(-c2ccccc2)c(C)c1C(=O)C(=O)OC(C)C(=O)Nc1cccnc1Cl. The summed E-state index contributed by atoms with van der Waals surface area (Å²) in [5, 5.41) is 6.95. The quantitative estimate of drug-likeness (QED) is 0.281. The zero-order valence-electron chi connectivity index (χ0n) is 16.5. The molecule has 0 aliphatic rings. The summed E-state index contributed by atoms with van der Waals surface area (Å²) < 4.78 is 6.64. The van der Waals surface area contributed by atoms with Crippen LogP contribution in [0.4, 0.5) is 5.69 Å². The van der Waals surface area contributed by atoms with Crippen LogP contribution in [0.15, 0.2) is 48.7 Å². The third-order valence-electron chi connectivity index (χ3n) is 4.37.